The molecule has 1 heterocycles. The van der Waals surface area contributed by atoms with Gasteiger partial charge in [0, 0.05) is 12.1 Å². The summed E-state index contributed by atoms with van der Waals surface area (Å²) in [4.78, 5) is 12.4. The van der Waals surface area contributed by atoms with Crippen molar-refractivity contribution in [2.24, 2.45) is 0 Å². The highest BCUT2D eigenvalue weighted by Crippen LogP contribution is 2.23. The molecular formula is C19H17FN2O3. The van der Waals surface area contributed by atoms with Crippen molar-refractivity contribution in [3.63, 3.8) is 0 Å². The molecule has 5 nitrogen and oxygen atoms in total. The van der Waals surface area contributed by atoms with Crippen LogP contribution in [-0.2, 0) is 6.42 Å². The van der Waals surface area contributed by atoms with Gasteiger partial charge in [0.2, 0.25) is 0 Å². The molecule has 0 unspecified atom stereocenters. The topological polar surface area (TPSA) is 64.4 Å². The lowest BCUT2D eigenvalue weighted by atomic mass is 10.1. The summed E-state index contributed by atoms with van der Waals surface area (Å²) in [6, 6.07) is 13.4. The van der Waals surface area contributed by atoms with E-state index in [4.69, 9.17) is 9.26 Å². The number of hydrogen-bond donors (Lipinski definition) is 1. The van der Waals surface area contributed by atoms with Gasteiger partial charge in [-0.2, -0.15) is 0 Å². The van der Waals surface area contributed by atoms with Gasteiger partial charge in [0.25, 0.3) is 5.91 Å². The number of hydrogen-bond acceptors (Lipinski definition) is 4. The van der Waals surface area contributed by atoms with E-state index in [0.717, 1.165) is 11.3 Å². The highest BCUT2D eigenvalue weighted by atomic mass is 19.1. The Labute approximate surface area is 144 Å². The quantitative estimate of drug-likeness (QED) is 0.746. The van der Waals surface area contributed by atoms with Crippen LogP contribution in [0.2, 0.25) is 0 Å². The fraction of sp³-hybridized carbons (Fsp3) is 0.158. The monoisotopic (exact) mass is 340 g/mol. The maximum Gasteiger partial charge on any atom is 0.256 e. The molecule has 0 atom stereocenters. The first-order valence-electron chi connectivity index (χ1n) is 7.79. The van der Waals surface area contributed by atoms with E-state index in [-0.39, 0.29) is 11.7 Å². The lowest BCUT2D eigenvalue weighted by Crippen LogP contribution is -2.25. The average Bonchev–Trinajstić information content (AvgIpc) is 3.13. The van der Waals surface area contributed by atoms with Crippen LogP contribution in [0.1, 0.15) is 15.9 Å². The maximum atomic E-state index is 13.0. The molecule has 0 bridgehead atoms. The van der Waals surface area contributed by atoms with Gasteiger partial charge in [0.15, 0.2) is 5.76 Å². The molecule has 1 N–H and O–H groups in total. The van der Waals surface area contributed by atoms with Crippen LogP contribution in [0.25, 0.3) is 11.3 Å². The minimum absolute atomic E-state index is 0.283. The number of nitrogens with one attached hydrogen (secondary N) is 1. The maximum absolute atomic E-state index is 13.0. The normalized spacial score (nSPS) is 10.5. The molecule has 0 aliphatic heterocycles. The molecule has 25 heavy (non-hydrogen) atoms. The van der Waals surface area contributed by atoms with Crippen molar-refractivity contribution in [2.75, 3.05) is 13.7 Å². The first-order chi connectivity index (χ1) is 12.2. The summed E-state index contributed by atoms with van der Waals surface area (Å²) in [5, 5.41) is 6.52. The van der Waals surface area contributed by atoms with Crippen molar-refractivity contribution in [3.05, 3.63) is 71.7 Å². The van der Waals surface area contributed by atoms with Gasteiger partial charge >= 0.3 is 0 Å². The number of ether oxygens (including phenoxy) is 1. The standard InChI is InChI=1S/C19H17FN2O3/c1-24-16-8-2-13(3-9-16)10-11-21-19(23)17-12-22-25-18(17)14-4-6-15(20)7-5-14/h2-9,12H,10-11H2,1H3,(H,21,23). The molecule has 0 fully saturated rings. The summed E-state index contributed by atoms with van der Waals surface area (Å²) < 4.78 is 23.3. The fourth-order valence-electron chi connectivity index (χ4n) is 2.42. The zero-order chi connectivity index (χ0) is 17.6. The molecule has 0 spiro atoms. The van der Waals surface area contributed by atoms with E-state index in [0.29, 0.717) is 29.9 Å². The lowest BCUT2D eigenvalue weighted by molar-refractivity contribution is 0.0954. The van der Waals surface area contributed by atoms with Gasteiger partial charge in [-0.1, -0.05) is 17.3 Å². The second-order valence-electron chi connectivity index (χ2n) is 5.43. The van der Waals surface area contributed by atoms with E-state index in [9.17, 15) is 9.18 Å². The predicted molar refractivity (Wildman–Crippen MR) is 90.9 cm³/mol. The third kappa shape index (κ3) is 4.03. The van der Waals surface area contributed by atoms with E-state index in [1.807, 2.05) is 24.3 Å². The smallest absolute Gasteiger partial charge is 0.256 e. The summed E-state index contributed by atoms with van der Waals surface area (Å²) in [5.74, 6) is 0.478. The van der Waals surface area contributed by atoms with Crippen LogP contribution >= 0.6 is 0 Å². The third-order valence-electron chi connectivity index (χ3n) is 3.78. The summed E-state index contributed by atoms with van der Waals surface area (Å²) in [7, 11) is 1.62. The Morgan fingerprint density at radius 3 is 2.56 bits per heavy atom. The number of carbonyl (C=O) groups excluding carboxylic acids is 1. The van der Waals surface area contributed by atoms with Gasteiger partial charge in [-0.05, 0) is 48.4 Å². The molecular weight excluding hydrogens is 323 g/mol. The highest BCUT2D eigenvalue weighted by Gasteiger charge is 2.17. The number of nitrogens with zero attached hydrogens (tertiary/aromatic N) is 1. The predicted octanol–water partition coefficient (Wildman–Crippen LogP) is 3.46. The molecule has 3 rings (SSSR count). The Kier molecular flexibility index (Phi) is 5.09. The van der Waals surface area contributed by atoms with Crippen LogP contribution in [0.5, 0.6) is 5.75 Å². The average molecular weight is 340 g/mol. The Morgan fingerprint density at radius 2 is 1.88 bits per heavy atom. The van der Waals surface area contributed by atoms with Gasteiger partial charge in [0.1, 0.15) is 17.1 Å². The number of benzene rings is 2. The Hall–Kier alpha value is -3.15. The van der Waals surface area contributed by atoms with Gasteiger partial charge in [0.05, 0.1) is 13.3 Å². The SMILES string of the molecule is COc1ccc(CCNC(=O)c2cnoc2-c2ccc(F)cc2)cc1. The van der Waals surface area contributed by atoms with Crippen LogP contribution < -0.4 is 10.1 Å². The largest absolute Gasteiger partial charge is 0.497 e. The number of amides is 1. The number of aromatic nitrogens is 1. The molecule has 1 amide bonds. The molecule has 128 valence electrons. The summed E-state index contributed by atoms with van der Waals surface area (Å²) in [6.45, 7) is 0.471. The minimum Gasteiger partial charge on any atom is -0.497 e. The lowest BCUT2D eigenvalue weighted by Gasteiger charge is -2.06. The molecule has 0 radical (unpaired) electrons. The van der Waals surface area contributed by atoms with E-state index in [1.54, 1.807) is 19.2 Å². The van der Waals surface area contributed by atoms with E-state index in [2.05, 4.69) is 10.5 Å². The molecule has 0 aliphatic rings. The van der Waals surface area contributed by atoms with Crippen LogP contribution in [0.15, 0.2) is 59.3 Å². The summed E-state index contributed by atoms with van der Waals surface area (Å²) >= 11 is 0. The second kappa shape index (κ2) is 7.61. The van der Waals surface area contributed by atoms with Gasteiger partial charge in [-0.3, -0.25) is 4.79 Å². The zero-order valence-electron chi connectivity index (χ0n) is 13.7. The fourth-order valence-corrected chi connectivity index (χ4v) is 2.42. The van der Waals surface area contributed by atoms with Gasteiger partial charge < -0.3 is 14.6 Å². The molecule has 1 aromatic heterocycles. The van der Waals surface area contributed by atoms with Crippen molar-refractivity contribution in [1.82, 2.24) is 10.5 Å². The van der Waals surface area contributed by atoms with E-state index >= 15 is 0 Å². The van der Waals surface area contributed by atoms with Crippen LogP contribution in [0.3, 0.4) is 0 Å². The first kappa shape index (κ1) is 16.7. The number of methoxy groups -OCH3 is 1. The molecule has 0 saturated carbocycles. The van der Waals surface area contributed by atoms with Crippen molar-refractivity contribution < 1.29 is 18.4 Å². The van der Waals surface area contributed by atoms with E-state index < -0.39 is 0 Å². The van der Waals surface area contributed by atoms with Crippen molar-refractivity contribution in [3.8, 4) is 17.1 Å². The minimum atomic E-state index is -0.353. The Morgan fingerprint density at radius 1 is 1.16 bits per heavy atom. The van der Waals surface area contributed by atoms with Crippen LogP contribution in [-0.4, -0.2) is 24.7 Å². The number of rotatable bonds is 6. The van der Waals surface area contributed by atoms with Crippen LogP contribution in [0.4, 0.5) is 4.39 Å². The molecule has 3 aromatic rings. The van der Waals surface area contributed by atoms with Gasteiger partial charge in [-0.25, -0.2) is 4.39 Å². The van der Waals surface area contributed by atoms with Crippen LogP contribution in [0, 0.1) is 5.82 Å². The number of halogens is 1. The molecule has 6 heteroatoms. The second-order valence-corrected chi connectivity index (χ2v) is 5.43. The van der Waals surface area contributed by atoms with Crippen molar-refractivity contribution in [2.45, 2.75) is 6.42 Å². The zero-order valence-corrected chi connectivity index (χ0v) is 13.7. The van der Waals surface area contributed by atoms with Gasteiger partial charge in [-0.15, -0.1) is 0 Å². The third-order valence-corrected chi connectivity index (χ3v) is 3.78. The Bertz CT molecular complexity index is 842. The Balaban J connectivity index is 1.62. The molecule has 0 saturated heterocycles. The number of carbonyl (C=O) groups is 1. The van der Waals surface area contributed by atoms with E-state index in [1.165, 1.54) is 18.3 Å². The molecule has 0 aliphatic carbocycles. The summed E-state index contributed by atoms with van der Waals surface area (Å²) in [5.41, 5.74) is 2.01. The first-order valence-corrected chi connectivity index (χ1v) is 7.79. The van der Waals surface area contributed by atoms with Crippen molar-refractivity contribution in [1.29, 1.82) is 0 Å². The summed E-state index contributed by atoms with van der Waals surface area (Å²) in [6.07, 6.45) is 2.05. The molecule has 2 aromatic carbocycles. The van der Waals surface area contributed by atoms with Crippen molar-refractivity contribution >= 4 is 5.91 Å². The highest BCUT2D eigenvalue weighted by molar-refractivity contribution is 5.99.